The number of alkyl halides is 3. The highest BCUT2D eigenvalue weighted by molar-refractivity contribution is 5.18. The normalized spacial score (nSPS) is 16.0. The SMILES string of the molecule is CCc1nc(CC(F)(F)F)ncc1CNC1CC1. The van der Waals surface area contributed by atoms with Crippen LogP contribution in [0, 0.1) is 0 Å². The Kier molecular flexibility index (Phi) is 3.85. The van der Waals surface area contributed by atoms with Gasteiger partial charge < -0.3 is 5.32 Å². The van der Waals surface area contributed by atoms with Gasteiger partial charge in [-0.15, -0.1) is 0 Å². The van der Waals surface area contributed by atoms with Crippen molar-refractivity contribution >= 4 is 0 Å². The second-order valence-electron chi connectivity index (χ2n) is 4.56. The van der Waals surface area contributed by atoms with Gasteiger partial charge in [0.1, 0.15) is 12.2 Å². The third-order valence-electron chi connectivity index (χ3n) is 2.86. The maximum atomic E-state index is 12.2. The third-order valence-corrected chi connectivity index (χ3v) is 2.86. The first kappa shape index (κ1) is 13.3. The first-order valence-electron chi connectivity index (χ1n) is 6.11. The fourth-order valence-electron chi connectivity index (χ4n) is 1.74. The molecule has 0 aromatic carbocycles. The van der Waals surface area contributed by atoms with E-state index in [1.54, 1.807) is 0 Å². The van der Waals surface area contributed by atoms with Crippen LogP contribution < -0.4 is 5.32 Å². The number of aryl methyl sites for hydroxylation is 1. The van der Waals surface area contributed by atoms with Gasteiger partial charge in [0.15, 0.2) is 0 Å². The summed E-state index contributed by atoms with van der Waals surface area (Å²) in [5.41, 5.74) is 1.60. The summed E-state index contributed by atoms with van der Waals surface area (Å²) < 4.78 is 36.7. The maximum absolute atomic E-state index is 12.2. The van der Waals surface area contributed by atoms with E-state index >= 15 is 0 Å². The van der Waals surface area contributed by atoms with Gasteiger partial charge >= 0.3 is 6.18 Å². The predicted octanol–water partition coefficient (Wildman–Crippen LogP) is 2.40. The van der Waals surface area contributed by atoms with E-state index in [0.717, 1.165) is 5.56 Å². The smallest absolute Gasteiger partial charge is 0.310 e. The molecule has 0 atom stereocenters. The van der Waals surface area contributed by atoms with E-state index in [1.807, 2.05) is 6.92 Å². The van der Waals surface area contributed by atoms with Crippen LogP contribution in [0.1, 0.15) is 36.8 Å². The molecule has 2 rings (SSSR count). The molecule has 1 heterocycles. The van der Waals surface area contributed by atoms with Gasteiger partial charge in [0.25, 0.3) is 0 Å². The lowest BCUT2D eigenvalue weighted by Crippen LogP contribution is -2.19. The van der Waals surface area contributed by atoms with Crippen molar-refractivity contribution in [2.24, 2.45) is 0 Å². The van der Waals surface area contributed by atoms with Crippen molar-refractivity contribution in [1.82, 2.24) is 15.3 Å². The molecule has 3 nitrogen and oxygen atoms in total. The van der Waals surface area contributed by atoms with E-state index in [9.17, 15) is 13.2 Å². The van der Waals surface area contributed by atoms with Crippen molar-refractivity contribution in [3.8, 4) is 0 Å². The molecule has 0 saturated heterocycles. The van der Waals surface area contributed by atoms with Gasteiger partial charge in [-0.3, -0.25) is 0 Å². The van der Waals surface area contributed by atoms with Gasteiger partial charge in [0, 0.05) is 30.0 Å². The summed E-state index contributed by atoms with van der Waals surface area (Å²) in [6.45, 7) is 2.53. The van der Waals surface area contributed by atoms with Crippen LogP contribution >= 0.6 is 0 Å². The Morgan fingerprint density at radius 1 is 1.39 bits per heavy atom. The van der Waals surface area contributed by atoms with Crippen molar-refractivity contribution < 1.29 is 13.2 Å². The molecule has 0 spiro atoms. The number of nitrogens with zero attached hydrogens (tertiary/aromatic N) is 2. The highest BCUT2D eigenvalue weighted by atomic mass is 19.4. The molecule has 1 aliphatic rings. The molecule has 0 amide bonds. The van der Waals surface area contributed by atoms with Gasteiger partial charge in [0.2, 0.25) is 0 Å². The Balaban J connectivity index is 2.06. The lowest BCUT2D eigenvalue weighted by molar-refractivity contribution is -0.128. The predicted molar refractivity (Wildman–Crippen MR) is 61.0 cm³/mol. The van der Waals surface area contributed by atoms with Crippen molar-refractivity contribution in [2.75, 3.05) is 0 Å². The van der Waals surface area contributed by atoms with Crippen molar-refractivity contribution in [3.63, 3.8) is 0 Å². The third kappa shape index (κ3) is 3.94. The van der Waals surface area contributed by atoms with Crippen LogP contribution in [0.4, 0.5) is 13.2 Å². The van der Waals surface area contributed by atoms with Crippen LogP contribution in [0.25, 0.3) is 0 Å². The highest BCUT2D eigenvalue weighted by Crippen LogP contribution is 2.21. The van der Waals surface area contributed by atoms with Gasteiger partial charge in [-0.05, 0) is 19.3 Å². The monoisotopic (exact) mass is 259 g/mol. The van der Waals surface area contributed by atoms with E-state index in [4.69, 9.17) is 0 Å². The molecule has 0 aliphatic heterocycles. The molecule has 1 fully saturated rings. The first-order chi connectivity index (χ1) is 8.48. The Morgan fingerprint density at radius 2 is 2.11 bits per heavy atom. The topological polar surface area (TPSA) is 37.8 Å². The van der Waals surface area contributed by atoms with Crippen LogP contribution in [-0.4, -0.2) is 22.2 Å². The van der Waals surface area contributed by atoms with E-state index in [0.29, 0.717) is 24.7 Å². The fraction of sp³-hybridized carbons (Fsp3) is 0.667. The van der Waals surface area contributed by atoms with Crippen molar-refractivity contribution in [3.05, 3.63) is 23.3 Å². The largest absolute Gasteiger partial charge is 0.396 e. The number of nitrogens with one attached hydrogen (secondary N) is 1. The Labute approximate surface area is 104 Å². The van der Waals surface area contributed by atoms with Gasteiger partial charge in [0.05, 0.1) is 0 Å². The van der Waals surface area contributed by atoms with Crippen LogP contribution in [-0.2, 0) is 19.4 Å². The van der Waals surface area contributed by atoms with Crippen LogP contribution in [0.3, 0.4) is 0 Å². The van der Waals surface area contributed by atoms with Crippen LogP contribution in [0.2, 0.25) is 0 Å². The average Bonchev–Trinajstić information content (AvgIpc) is 3.09. The number of rotatable bonds is 5. The lowest BCUT2D eigenvalue weighted by Gasteiger charge is -2.10. The zero-order valence-corrected chi connectivity index (χ0v) is 10.2. The standard InChI is InChI=1S/C12H16F3N3/c1-2-10-8(6-16-9-3-4-9)7-17-11(18-10)5-12(13,14)15/h7,9,16H,2-6H2,1H3. The Hall–Kier alpha value is -1.17. The molecule has 1 aliphatic carbocycles. The van der Waals surface area contributed by atoms with E-state index in [-0.39, 0.29) is 5.82 Å². The fourth-order valence-corrected chi connectivity index (χ4v) is 1.74. The van der Waals surface area contributed by atoms with Gasteiger partial charge in [-0.25, -0.2) is 9.97 Å². The molecule has 18 heavy (non-hydrogen) atoms. The molecule has 0 unspecified atom stereocenters. The molecular formula is C12H16F3N3. The van der Waals surface area contributed by atoms with Crippen molar-refractivity contribution in [2.45, 2.75) is 51.4 Å². The zero-order chi connectivity index (χ0) is 13.2. The summed E-state index contributed by atoms with van der Waals surface area (Å²) in [7, 11) is 0. The maximum Gasteiger partial charge on any atom is 0.396 e. The number of halogens is 3. The molecule has 1 saturated carbocycles. The lowest BCUT2D eigenvalue weighted by atomic mass is 10.2. The summed E-state index contributed by atoms with van der Waals surface area (Å²) in [5.74, 6) is -0.144. The van der Waals surface area contributed by atoms with E-state index in [2.05, 4.69) is 15.3 Å². The molecule has 1 N–H and O–H groups in total. The summed E-state index contributed by atoms with van der Waals surface area (Å²) in [5, 5.41) is 3.31. The minimum absolute atomic E-state index is 0.144. The zero-order valence-electron chi connectivity index (χ0n) is 10.2. The first-order valence-corrected chi connectivity index (χ1v) is 6.11. The van der Waals surface area contributed by atoms with Gasteiger partial charge in [-0.2, -0.15) is 13.2 Å². The van der Waals surface area contributed by atoms with Crippen LogP contribution in [0.15, 0.2) is 6.20 Å². The van der Waals surface area contributed by atoms with Gasteiger partial charge in [-0.1, -0.05) is 6.92 Å². The summed E-state index contributed by atoms with van der Waals surface area (Å²) in [4.78, 5) is 7.80. The second kappa shape index (κ2) is 5.22. The Morgan fingerprint density at radius 3 is 2.67 bits per heavy atom. The number of hydrogen-bond acceptors (Lipinski definition) is 3. The number of hydrogen-bond donors (Lipinski definition) is 1. The summed E-state index contributed by atoms with van der Waals surface area (Å²) in [6, 6.07) is 0.560. The molecular weight excluding hydrogens is 243 g/mol. The Bertz CT molecular complexity index is 414. The van der Waals surface area contributed by atoms with Crippen molar-refractivity contribution in [1.29, 1.82) is 0 Å². The average molecular weight is 259 g/mol. The second-order valence-corrected chi connectivity index (χ2v) is 4.56. The highest BCUT2D eigenvalue weighted by Gasteiger charge is 2.29. The molecule has 6 heteroatoms. The molecule has 1 aromatic heterocycles. The molecule has 0 radical (unpaired) electrons. The molecule has 1 aromatic rings. The number of aromatic nitrogens is 2. The van der Waals surface area contributed by atoms with E-state index in [1.165, 1.54) is 19.0 Å². The molecule has 0 bridgehead atoms. The summed E-state index contributed by atoms with van der Waals surface area (Å²) >= 11 is 0. The minimum Gasteiger partial charge on any atom is -0.310 e. The minimum atomic E-state index is -4.25. The van der Waals surface area contributed by atoms with E-state index < -0.39 is 12.6 Å². The molecule has 100 valence electrons. The quantitative estimate of drug-likeness (QED) is 0.882. The van der Waals surface area contributed by atoms with Crippen LogP contribution in [0.5, 0.6) is 0 Å². The summed E-state index contributed by atoms with van der Waals surface area (Å²) in [6.07, 6.45) is -0.824.